The quantitative estimate of drug-likeness (QED) is 0.144. The highest BCUT2D eigenvalue weighted by molar-refractivity contribution is 9.10. The maximum absolute atomic E-state index is 14.6. The van der Waals surface area contributed by atoms with E-state index >= 15 is 0 Å². The predicted molar refractivity (Wildman–Crippen MR) is 190 cm³/mol. The van der Waals surface area contributed by atoms with Crippen LogP contribution in [0.5, 0.6) is 5.75 Å². The fourth-order valence-corrected chi connectivity index (χ4v) is 6.93. The number of anilines is 1. The molecule has 0 saturated carbocycles. The van der Waals surface area contributed by atoms with Crippen LogP contribution in [0.3, 0.4) is 0 Å². The van der Waals surface area contributed by atoms with Gasteiger partial charge in [-0.3, -0.25) is 13.9 Å². The number of ether oxygens (including phenoxy) is 1. The molecule has 0 aliphatic carbocycles. The predicted octanol–water partition coefficient (Wildman–Crippen LogP) is 6.91. The van der Waals surface area contributed by atoms with Gasteiger partial charge in [0.1, 0.15) is 18.3 Å². The second-order valence-electron chi connectivity index (χ2n) is 11.4. The molecule has 2 amide bonds. The SMILES string of the molecule is CCOc1ccc(S(=O)(=O)N(CC(=O)N(Cc2cccc(Br)c2)[C@H](Cc2ccccc2)C(=O)N[C@H](C)CC)c2ccc(C)cc2)cc1. The van der Waals surface area contributed by atoms with Crippen LogP contribution in [0.2, 0.25) is 0 Å². The van der Waals surface area contributed by atoms with E-state index in [1.807, 2.05) is 82.3 Å². The first-order valence-corrected chi connectivity index (χ1v) is 18.0. The molecule has 8 nitrogen and oxygen atoms in total. The van der Waals surface area contributed by atoms with Crippen molar-refractivity contribution in [2.45, 2.75) is 64.1 Å². The van der Waals surface area contributed by atoms with Crippen LogP contribution >= 0.6 is 15.9 Å². The van der Waals surface area contributed by atoms with E-state index in [2.05, 4.69) is 21.2 Å². The van der Waals surface area contributed by atoms with E-state index in [9.17, 15) is 18.0 Å². The number of rotatable bonds is 15. The third kappa shape index (κ3) is 9.68. The largest absolute Gasteiger partial charge is 0.494 e. The molecule has 10 heteroatoms. The van der Waals surface area contributed by atoms with Gasteiger partial charge in [-0.2, -0.15) is 0 Å². The van der Waals surface area contributed by atoms with Gasteiger partial charge in [0, 0.05) is 23.5 Å². The number of nitrogens with zero attached hydrogens (tertiary/aromatic N) is 2. The zero-order valence-corrected chi connectivity index (χ0v) is 29.6. The van der Waals surface area contributed by atoms with Crippen molar-refractivity contribution in [3.8, 4) is 5.75 Å². The third-order valence-electron chi connectivity index (χ3n) is 7.84. The number of halogens is 1. The van der Waals surface area contributed by atoms with Gasteiger partial charge in [-0.05, 0) is 86.8 Å². The number of hydrogen-bond acceptors (Lipinski definition) is 5. The number of nitrogens with one attached hydrogen (secondary N) is 1. The van der Waals surface area contributed by atoms with Crippen molar-refractivity contribution in [1.82, 2.24) is 10.2 Å². The van der Waals surface area contributed by atoms with Gasteiger partial charge in [-0.25, -0.2) is 8.42 Å². The van der Waals surface area contributed by atoms with E-state index in [-0.39, 0.29) is 29.8 Å². The highest BCUT2D eigenvalue weighted by Crippen LogP contribution is 2.27. The summed E-state index contributed by atoms with van der Waals surface area (Å²) in [4.78, 5) is 30.1. The molecule has 0 aliphatic heterocycles. The van der Waals surface area contributed by atoms with Gasteiger partial charge in [0.25, 0.3) is 10.0 Å². The fourth-order valence-electron chi connectivity index (χ4n) is 5.07. The third-order valence-corrected chi connectivity index (χ3v) is 10.1. The number of carbonyl (C=O) groups excluding carboxylic acids is 2. The van der Waals surface area contributed by atoms with Crippen LogP contribution in [0, 0.1) is 6.92 Å². The molecule has 0 bridgehead atoms. The zero-order valence-electron chi connectivity index (χ0n) is 27.2. The maximum Gasteiger partial charge on any atom is 0.264 e. The minimum atomic E-state index is -4.21. The summed E-state index contributed by atoms with van der Waals surface area (Å²) in [5, 5.41) is 3.06. The number of hydrogen-bond donors (Lipinski definition) is 1. The highest BCUT2D eigenvalue weighted by Gasteiger charge is 2.35. The molecule has 248 valence electrons. The van der Waals surface area contributed by atoms with Crippen LogP contribution in [0.1, 0.15) is 43.9 Å². The number of aryl methyl sites for hydroxylation is 1. The van der Waals surface area contributed by atoms with Crippen molar-refractivity contribution < 1.29 is 22.7 Å². The molecular weight excluding hydrogens is 678 g/mol. The van der Waals surface area contributed by atoms with Crippen molar-refractivity contribution in [3.05, 3.63) is 124 Å². The van der Waals surface area contributed by atoms with Crippen molar-refractivity contribution in [2.24, 2.45) is 0 Å². The monoisotopic (exact) mass is 719 g/mol. The smallest absolute Gasteiger partial charge is 0.264 e. The first kappa shape index (κ1) is 35.7. The number of amides is 2. The summed E-state index contributed by atoms with van der Waals surface area (Å²) in [7, 11) is -4.21. The minimum Gasteiger partial charge on any atom is -0.494 e. The van der Waals surface area contributed by atoms with Gasteiger partial charge in [0.05, 0.1) is 17.2 Å². The molecule has 0 unspecified atom stereocenters. The molecule has 0 spiro atoms. The molecule has 4 rings (SSSR count). The van der Waals surface area contributed by atoms with Gasteiger partial charge in [0.15, 0.2) is 0 Å². The molecule has 0 radical (unpaired) electrons. The Morgan fingerprint density at radius 3 is 2.15 bits per heavy atom. The number of benzene rings is 4. The molecule has 0 fully saturated rings. The summed E-state index contributed by atoms with van der Waals surface area (Å²) in [6.45, 7) is 7.67. The van der Waals surface area contributed by atoms with E-state index in [0.717, 1.165) is 25.5 Å². The Morgan fingerprint density at radius 2 is 1.53 bits per heavy atom. The van der Waals surface area contributed by atoms with Crippen LogP contribution in [-0.4, -0.2) is 50.4 Å². The Balaban J connectivity index is 1.80. The lowest BCUT2D eigenvalue weighted by Crippen LogP contribution is -2.54. The fraction of sp³-hybridized carbons (Fsp3) is 0.297. The lowest BCUT2D eigenvalue weighted by Gasteiger charge is -2.34. The first-order chi connectivity index (χ1) is 22.5. The minimum absolute atomic E-state index is 0.0169. The normalized spacial score (nSPS) is 12.5. The zero-order chi connectivity index (χ0) is 34.0. The van der Waals surface area contributed by atoms with E-state index in [4.69, 9.17) is 4.74 Å². The lowest BCUT2D eigenvalue weighted by atomic mass is 10.0. The van der Waals surface area contributed by atoms with E-state index in [0.29, 0.717) is 24.5 Å². The summed E-state index contributed by atoms with van der Waals surface area (Å²) in [5.74, 6) is -0.274. The molecule has 47 heavy (non-hydrogen) atoms. The van der Waals surface area contributed by atoms with Crippen molar-refractivity contribution in [3.63, 3.8) is 0 Å². The summed E-state index contributed by atoms with van der Waals surface area (Å²) < 4.78 is 36.0. The second kappa shape index (κ2) is 16.6. The second-order valence-corrected chi connectivity index (χ2v) is 14.2. The van der Waals surface area contributed by atoms with Crippen LogP contribution in [-0.2, 0) is 32.6 Å². The summed E-state index contributed by atoms with van der Waals surface area (Å²) in [6.07, 6.45) is 0.962. The lowest BCUT2D eigenvalue weighted by molar-refractivity contribution is -0.140. The molecule has 2 atom stereocenters. The molecule has 0 aromatic heterocycles. The van der Waals surface area contributed by atoms with Crippen LogP contribution in [0.15, 0.2) is 112 Å². The Labute approximate surface area is 286 Å². The number of sulfonamides is 1. The van der Waals surface area contributed by atoms with Crippen molar-refractivity contribution >= 4 is 43.5 Å². The Kier molecular flexibility index (Phi) is 12.6. The van der Waals surface area contributed by atoms with Crippen molar-refractivity contribution in [2.75, 3.05) is 17.5 Å². The summed E-state index contributed by atoms with van der Waals surface area (Å²) in [5.41, 5.74) is 2.95. The average molecular weight is 721 g/mol. The van der Waals surface area contributed by atoms with Gasteiger partial charge < -0.3 is 15.0 Å². The molecule has 4 aromatic carbocycles. The van der Waals surface area contributed by atoms with Gasteiger partial charge >= 0.3 is 0 Å². The number of carbonyl (C=O) groups is 2. The molecule has 0 heterocycles. The van der Waals surface area contributed by atoms with Gasteiger partial charge in [-0.15, -0.1) is 0 Å². The maximum atomic E-state index is 14.6. The Morgan fingerprint density at radius 1 is 0.872 bits per heavy atom. The summed E-state index contributed by atoms with van der Waals surface area (Å²) in [6, 6.07) is 29.1. The van der Waals surface area contributed by atoms with Crippen LogP contribution < -0.4 is 14.4 Å². The van der Waals surface area contributed by atoms with Crippen molar-refractivity contribution in [1.29, 1.82) is 0 Å². The van der Waals surface area contributed by atoms with E-state index in [1.165, 1.54) is 17.0 Å². The molecule has 0 aliphatic rings. The van der Waals surface area contributed by atoms with Gasteiger partial charge in [-0.1, -0.05) is 83.0 Å². The van der Waals surface area contributed by atoms with E-state index in [1.54, 1.807) is 36.4 Å². The molecule has 4 aromatic rings. The van der Waals surface area contributed by atoms with E-state index < -0.39 is 28.5 Å². The van der Waals surface area contributed by atoms with Gasteiger partial charge in [0.2, 0.25) is 11.8 Å². The average Bonchev–Trinajstić information content (AvgIpc) is 3.06. The highest BCUT2D eigenvalue weighted by atomic mass is 79.9. The Bertz CT molecular complexity index is 1730. The molecule has 0 saturated heterocycles. The topological polar surface area (TPSA) is 96.0 Å². The van der Waals surface area contributed by atoms with Crippen LogP contribution in [0.4, 0.5) is 5.69 Å². The van der Waals surface area contributed by atoms with Crippen LogP contribution in [0.25, 0.3) is 0 Å². The standard InChI is InChI=1S/C37H42BrN3O5S/c1-5-28(4)39-37(43)35(24-29-11-8-7-9-12-29)40(25-30-13-10-14-31(38)23-30)36(42)26-41(32-17-15-27(3)16-18-32)47(44,45)34-21-19-33(20-22-34)46-6-2/h7-23,28,35H,5-6,24-26H2,1-4H3,(H,39,43)/t28-,35-/m1/s1. The summed E-state index contributed by atoms with van der Waals surface area (Å²) >= 11 is 3.52. The molecular formula is C37H42BrN3O5S. The Hall–Kier alpha value is -4.15. The molecule has 1 N–H and O–H groups in total. The first-order valence-electron chi connectivity index (χ1n) is 15.7.